The molecule has 1 amide bonds. The zero-order chi connectivity index (χ0) is 20.5. The Kier molecular flexibility index (Phi) is 4.99. The van der Waals surface area contributed by atoms with Crippen LogP contribution in [0.3, 0.4) is 0 Å². The summed E-state index contributed by atoms with van der Waals surface area (Å²) in [6, 6.07) is 16.4. The Labute approximate surface area is 176 Å². The molecule has 2 aromatic carbocycles. The van der Waals surface area contributed by atoms with Gasteiger partial charge in [-0.3, -0.25) is 4.79 Å². The molecular weight excluding hydrogens is 376 g/mol. The standard InChI is InChI=1S/C24H26N4O2/c1-17-5-9-21(10-6-17)28-16-19(15-22(28)29)24-25-23(26-30-24)18-7-11-20(12-8-18)27-13-3-2-4-14-27/h5-12,19H,2-4,13-16H2,1H3/t19-/m0/s1. The third-order valence-electron chi connectivity index (χ3n) is 6.11. The molecule has 6 nitrogen and oxygen atoms in total. The third-order valence-corrected chi connectivity index (χ3v) is 6.11. The Morgan fingerprint density at radius 1 is 0.933 bits per heavy atom. The number of anilines is 2. The lowest BCUT2D eigenvalue weighted by Crippen LogP contribution is -2.29. The molecule has 0 N–H and O–H groups in total. The molecule has 0 aliphatic carbocycles. The molecule has 2 aliphatic rings. The minimum atomic E-state index is -0.0762. The molecule has 0 unspecified atom stereocenters. The van der Waals surface area contributed by atoms with E-state index in [4.69, 9.17) is 4.52 Å². The van der Waals surface area contributed by atoms with Gasteiger partial charge in [0, 0.05) is 43.0 Å². The minimum Gasteiger partial charge on any atom is -0.372 e. The maximum Gasteiger partial charge on any atom is 0.232 e. The van der Waals surface area contributed by atoms with E-state index >= 15 is 0 Å². The fourth-order valence-electron chi connectivity index (χ4n) is 4.34. The van der Waals surface area contributed by atoms with Crippen molar-refractivity contribution < 1.29 is 9.32 Å². The maximum atomic E-state index is 12.5. The van der Waals surface area contributed by atoms with Gasteiger partial charge in [-0.15, -0.1) is 0 Å². The van der Waals surface area contributed by atoms with Crippen molar-refractivity contribution in [3.8, 4) is 11.4 Å². The summed E-state index contributed by atoms with van der Waals surface area (Å²) in [5, 5.41) is 4.18. The Hall–Kier alpha value is -3.15. The second kappa shape index (κ2) is 7.94. The predicted molar refractivity (Wildman–Crippen MR) is 117 cm³/mol. The molecule has 2 saturated heterocycles. The van der Waals surface area contributed by atoms with Crippen molar-refractivity contribution >= 4 is 17.3 Å². The lowest BCUT2D eigenvalue weighted by atomic mass is 10.1. The molecule has 154 valence electrons. The highest BCUT2D eigenvalue weighted by molar-refractivity contribution is 5.96. The number of carbonyl (C=O) groups excluding carboxylic acids is 1. The van der Waals surface area contributed by atoms with Gasteiger partial charge in [0.25, 0.3) is 0 Å². The third kappa shape index (κ3) is 3.70. The normalized spacial score (nSPS) is 19.5. The molecule has 5 rings (SSSR count). The van der Waals surface area contributed by atoms with E-state index < -0.39 is 0 Å². The van der Waals surface area contributed by atoms with Gasteiger partial charge in [0.1, 0.15) is 0 Å². The molecular formula is C24H26N4O2. The van der Waals surface area contributed by atoms with E-state index in [1.165, 1.54) is 30.5 Å². The quantitative estimate of drug-likeness (QED) is 0.640. The number of aryl methyl sites for hydroxylation is 1. The smallest absolute Gasteiger partial charge is 0.232 e. The Morgan fingerprint density at radius 2 is 1.63 bits per heavy atom. The average Bonchev–Trinajstić information content (AvgIpc) is 3.42. The van der Waals surface area contributed by atoms with Crippen molar-refractivity contribution in [3.05, 3.63) is 60.0 Å². The zero-order valence-electron chi connectivity index (χ0n) is 17.3. The largest absolute Gasteiger partial charge is 0.372 e. The van der Waals surface area contributed by atoms with Crippen LogP contribution in [0, 0.1) is 6.92 Å². The summed E-state index contributed by atoms with van der Waals surface area (Å²) in [4.78, 5) is 21.4. The molecule has 0 spiro atoms. The van der Waals surface area contributed by atoms with Gasteiger partial charge in [0.2, 0.25) is 17.6 Å². The van der Waals surface area contributed by atoms with Crippen molar-refractivity contribution in [2.45, 2.75) is 38.5 Å². The van der Waals surface area contributed by atoms with E-state index in [9.17, 15) is 4.79 Å². The van der Waals surface area contributed by atoms with Gasteiger partial charge in [-0.2, -0.15) is 4.98 Å². The molecule has 6 heteroatoms. The van der Waals surface area contributed by atoms with E-state index in [0.717, 1.165) is 24.3 Å². The number of hydrogen-bond donors (Lipinski definition) is 0. The van der Waals surface area contributed by atoms with Crippen LogP contribution in [0.2, 0.25) is 0 Å². The van der Waals surface area contributed by atoms with Crippen LogP contribution in [-0.2, 0) is 4.79 Å². The first-order valence-electron chi connectivity index (χ1n) is 10.7. The number of piperidine rings is 1. The van der Waals surface area contributed by atoms with Crippen LogP contribution in [-0.4, -0.2) is 35.7 Å². The molecule has 30 heavy (non-hydrogen) atoms. The van der Waals surface area contributed by atoms with Crippen LogP contribution >= 0.6 is 0 Å². The zero-order valence-corrected chi connectivity index (χ0v) is 17.3. The van der Waals surface area contributed by atoms with Gasteiger partial charge in [-0.25, -0.2) is 0 Å². The molecule has 2 aliphatic heterocycles. The van der Waals surface area contributed by atoms with Crippen LogP contribution in [0.1, 0.15) is 43.1 Å². The van der Waals surface area contributed by atoms with Crippen molar-refractivity contribution in [2.24, 2.45) is 0 Å². The first-order chi connectivity index (χ1) is 14.7. The minimum absolute atomic E-state index is 0.0762. The van der Waals surface area contributed by atoms with E-state index in [-0.39, 0.29) is 11.8 Å². The van der Waals surface area contributed by atoms with Gasteiger partial charge >= 0.3 is 0 Å². The summed E-state index contributed by atoms with van der Waals surface area (Å²) in [6.07, 6.45) is 4.24. The molecule has 0 bridgehead atoms. The summed E-state index contributed by atoms with van der Waals surface area (Å²) >= 11 is 0. The second-order valence-corrected chi connectivity index (χ2v) is 8.29. The van der Waals surface area contributed by atoms with Crippen LogP contribution < -0.4 is 9.80 Å². The molecule has 0 radical (unpaired) electrons. The molecule has 1 atom stereocenters. The number of carbonyl (C=O) groups is 1. The summed E-state index contributed by atoms with van der Waals surface area (Å²) in [7, 11) is 0. The average molecular weight is 402 g/mol. The Morgan fingerprint density at radius 3 is 2.37 bits per heavy atom. The Balaban J connectivity index is 1.29. The van der Waals surface area contributed by atoms with Gasteiger partial charge < -0.3 is 14.3 Å². The second-order valence-electron chi connectivity index (χ2n) is 8.29. The molecule has 3 heterocycles. The number of nitrogens with zero attached hydrogens (tertiary/aromatic N) is 4. The number of amides is 1. The predicted octanol–water partition coefficient (Wildman–Crippen LogP) is 4.56. The molecule has 1 aromatic heterocycles. The number of aromatic nitrogens is 2. The van der Waals surface area contributed by atoms with Crippen molar-refractivity contribution in [1.29, 1.82) is 0 Å². The first kappa shape index (κ1) is 18.9. The first-order valence-corrected chi connectivity index (χ1v) is 10.7. The van der Waals surface area contributed by atoms with Gasteiger partial charge in [0.15, 0.2) is 0 Å². The highest BCUT2D eigenvalue weighted by atomic mass is 16.5. The van der Waals surface area contributed by atoms with Crippen LogP contribution in [0.5, 0.6) is 0 Å². The fraction of sp³-hybridized carbons (Fsp3) is 0.375. The summed E-state index contributed by atoms with van der Waals surface area (Å²) in [5.41, 5.74) is 4.28. The van der Waals surface area contributed by atoms with E-state index in [1.54, 1.807) is 4.90 Å². The van der Waals surface area contributed by atoms with E-state index in [0.29, 0.717) is 24.7 Å². The SMILES string of the molecule is Cc1ccc(N2C[C@@H](c3nc(-c4ccc(N5CCCCC5)cc4)no3)CC2=O)cc1. The highest BCUT2D eigenvalue weighted by Crippen LogP contribution is 2.32. The number of benzene rings is 2. The number of rotatable bonds is 4. The summed E-state index contributed by atoms with van der Waals surface area (Å²) in [6.45, 7) is 4.85. The Bertz CT molecular complexity index is 1020. The van der Waals surface area contributed by atoms with Crippen LogP contribution in [0.15, 0.2) is 53.1 Å². The van der Waals surface area contributed by atoms with Gasteiger partial charge in [0.05, 0.1) is 5.92 Å². The molecule has 2 fully saturated rings. The highest BCUT2D eigenvalue weighted by Gasteiger charge is 2.35. The van der Waals surface area contributed by atoms with Crippen LogP contribution in [0.4, 0.5) is 11.4 Å². The van der Waals surface area contributed by atoms with E-state index in [2.05, 4.69) is 39.3 Å². The molecule has 3 aromatic rings. The lowest BCUT2D eigenvalue weighted by molar-refractivity contribution is -0.117. The van der Waals surface area contributed by atoms with Gasteiger partial charge in [-0.1, -0.05) is 22.9 Å². The topological polar surface area (TPSA) is 62.5 Å². The van der Waals surface area contributed by atoms with Crippen LogP contribution in [0.25, 0.3) is 11.4 Å². The summed E-state index contributed by atoms with van der Waals surface area (Å²) < 4.78 is 5.55. The maximum absolute atomic E-state index is 12.5. The number of hydrogen-bond acceptors (Lipinski definition) is 5. The van der Waals surface area contributed by atoms with Crippen molar-refractivity contribution in [2.75, 3.05) is 29.4 Å². The lowest BCUT2D eigenvalue weighted by Gasteiger charge is -2.28. The fourth-order valence-corrected chi connectivity index (χ4v) is 4.34. The summed E-state index contributed by atoms with van der Waals surface area (Å²) in [5.74, 6) is 1.13. The van der Waals surface area contributed by atoms with Gasteiger partial charge in [-0.05, 0) is 62.6 Å². The molecule has 0 saturated carbocycles. The monoisotopic (exact) mass is 402 g/mol. The van der Waals surface area contributed by atoms with E-state index in [1.807, 2.05) is 31.2 Å². The van der Waals surface area contributed by atoms with Crippen molar-refractivity contribution in [1.82, 2.24) is 10.1 Å². The van der Waals surface area contributed by atoms with Crippen molar-refractivity contribution in [3.63, 3.8) is 0 Å².